The Labute approximate surface area is 130 Å². The number of nitrogens with zero attached hydrogens (tertiary/aromatic N) is 2. The van der Waals surface area contributed by atoms with Gasteiger partial charge >= 0.3 is 0 Å². The highest BCUT2D eigenvalue weighted by molar-refractivity contribution is 5.52. The first-order valence-electron chi connectivity index (χ1n) is 8.58. The summed E-state index contributed by atoms with van der Waals surface area (Å²) in [6.07, 6.45) is 5.15. The van der Waals surface area contributed by atoms with E-state index in [0.717, 1.165) is 31.2 Å². The predicted molar refractivity (Wildman–Crippen MR) is 90.9 cm³/mol. The molecule has 0 spiro atoms. The molecule has 0 aliphatic heterocycles. The summed E-state index contributed by atoms with van der Waals surface area (Å²) in [5.41, 5.74) is 3.90. The Kier molecular flexibility index (Phi) is 6.04. The van der Waals surface area contributed by atoms with Gasteiger partial charge in [-0.3, -0.25) is 0 Å². The molecule has 1 fully saturated rings. The molecule has 0 aromatic carbocycles. The SMILES string of the molecule is CCCNCc1c(C)cc(C)nc1N(CCC)CC1CC1. The monoisotopic (exact) mass is 289 g/mol. The van der Waals surface area contributed by atoms with Gasteiger partial charge in [-0.05, 0) is 63.6 Å². The van der Waals surface area contributed by atoms with E-state index in [-0.39, 0.29) is 0 Å². The molecule has 1 saturated carbocycles. The zero-order valence-corrected chi connectivity index (χ0v) is 14.2. The zero-order valence-electron chi connectivity index (χ0n) is 14.2. The number of aryl methyl sites for hydroxylation is 2. The molecule has 0 unspecified atom stereocenters. The third-order valence-electron chi connectivity index (χ3n) is 4.15. The number of hydrogen-bond donors (Lipinski definition) is 1. The van der Waals surface area contributed by atoms with Gasteiger partial charge in [-0.15, -0.1) is 0 Å². The number of rotatable bonds is 9. The van der Waals surface area contributed by atoms with Gasteiger partial charge in [0, 0.05) is 30.9 Å². The van der Waals surface area contributed by atoms with Crippen molar-refractivity contribution in [2.45, 2.75) is 59.9 Å². The molecule has 0 saturated heterocycles. The molecular formula is C18H31N3. The molecule has 0 radical (unpaired) electrons. The zero-order chi connectivity index (χ0) is 15.2. The van der Waals surface area contributed by atoms with Gasteiger partial charge in [-0.2, -0.15) is 0 Å². The van der Waals surface area contributed by atoms with Crippen LogP contribution in [0.25, 0.3) is 0 Å². The number of aromatic nitrogens is 1. The molecule has 118 valence electrons. The molecule has 0 amide bonds. The van der Waals surface area contributed by atoms with Gasteiger partial charge in [0.15, 0.2) is 0 Å². The normalized spacial score (nSPS) is 14.5. The summed E-state index contributed by atoms with van der Waals surface area (Å²) in [7, 11) is 0. The minimum Gasteiger partial charge on any atom is -0.356 e. The van der Waals surface area contributed by atoms with Crippen LogP contribution in [0.4, 0.5) is 5.82 Å². The van der Waals surface area contributed by atoms with Gasteiger partial charge in [0.1, 0.15) is 5.82 Å². The molecule has 3 nitrogen and oxygen atoms in total. The Balaban J connectivity index is 2.23. The quantitative estimate of drug-likeness (QED) is 0.700. The third kappa shape index (κ3) is 4.70. The molecule has 1 aliphatic carbocycles. The highest BCUT2D eigenvalue weighted by Crippen LogP contribution is 2.32. The topological polar surface area (TPSA) is 28.2 Å². The minimum atomic E-state index is 0.899. The Hall–Kier alpha value is -1.09. The highest BCUT2D eigenvalue weighted by Gasteiger charge is 2.26. The molecule has 0 bridgehead atoms. The average Bonchev–Trinajstić information content (AvgIpc) is 3.24. The standard InChI is InChI=1S/C18H31N3/c1-5-9-19-12-17-14(3)11-15(4)20-18(17)21(10-6-2)13-16-7-8-16/h11,16,19H,5-10,12-13H2,1-4H3. The van der Waals surface area contributed by atoms with Crippen molar-refractivity contribution in [2.24, 2.45) is 5.92 Å². The molecule has 1 aliphatic rings. The van der Waals surface area contributed by atoms with Gasteiger partial charge in [0.25, 0.3) is 0 Å². The fourth-order valence-corrected chi connectivity index (χ4v) is 2.88. The first-order valence-corrected chi connectivity index (χ1v) is 8.58. The van der Waals surface area contributed by atoms with Crippen LogP contribution in [-0.4, -0.2) is 24.6 Å². The van der Waals surface area contributed by atoms with Crippen LogP contribution < -0.4 is 10.2 Å². The van der Waals surface area contributed by atoms with Crippen LogP contribution in [0.2, 0.25) is 0 Å². The fraction of sp³-hybridized carbons (Fsp3) is 0.722. The van der Waals surface area contributed by atoms with Crippen molar-refractivity contribution in [1.29, 1.82) is 0 Å². The van der Waals surface area contributed by atoms with Crippen molar-refractivity contribution in [3.8, 4) is 0 Å². The second kappa shape index (κ2) is 7.79. The minimum absolute atomic E-state index is 0.899. The van der Waals surface area contributed by atoms with Crippen molar-refractivity contribution in [3.63, 3.8) is 0 Å². The molecule has 1 N–H and O–H groups in total. The predicted octanol–water partition coefficient (Wildman–Crippen LogP) is 3.82. The van der Waals surface area contributed by atoms with Crippen LogP contribution in [0.5, 0.6) is 0 Å². The molecule has 3 heteroatoms. The average molecular weight is 289 g/mol. The molecule has 2 rings (SSSR count). The number of hydrogen-bond acceptors (Lipinski definition) is 3. The smallest absolute Gasteiger partial charge is 0.133 e. The second-order valence-corrected chi connectivity index (χ2v) is 6.45. The first kappa shape index (κ1) is 16.3. The number of pyridine rings is 1. The fourth-order valence-electron chi connectivity index (χ4n) is 2.88. The van der Waals surface area contributed by atoms with Crippen LogP contribution in [0.15, 0.2) is 6.07 Å². The van der Waals surface area contributed by atoms with Crippen molar-refractivity contribution in [1.82, 2.24) is 10.3 Å². The summed E-state index contributed by atoms with van der Waals surface area (Å²) in [5, 5.41) is 3.55. The summed E-state index contributed by atoms with van der Waals surface area (Å²) < 4.78 is 0. The van der Waals surface area contributed by atoms with Crippen molar-refractivity contribution in [3.05, 3.63) is 22.9 Å². The number of nitrogens with one attached hydrogen (secondary N) is 1. The maximum Gasteiger partial charge on any atom is 0.133 e. The molecule has 0 atom stereocenters. The summed E-state index contributed by atoms with van der Waals surface area (Å²) in [5.74, 6) is 2.13. The molecule has 1 aromatic rings. The van der Waals surface area contributed by atoms with Crippen LogP contribution in [0.3, 0.4) is 0 Å². The lowest BCUT2D eigenvalue weighted by Gasteiger charge is -2.27. The molecule has 1 heterocycles. The van der Waals surface area contributed by atoms with Crippen molar-refractivity contribution in [2.75, 3.05) is 24.5 Å². The van der Waals surface area contributed by atoms with E-state index in [1.54, 1.807) is 0 Å². The van der Waals surface area contributed by atoms with E-state index in [9.17, 15) is 0 Å². The van der Waals surface area contributed by atoms with Crippen LogP contribution >= 0.6 is 0 Å². The lowest BCUT2D eigenvalue weighted by Crippen LogP contribution is -2.30. The van der Waals surface area contributed by atoms with E-state index in [0.29, 0.717) is 0 Å². The summed E-state index contributed by atoms with van der Waals surface area (Å²) in [4.78, 5) is 7.43. The molecular weight excluding hydrogens is 258 g/mol. The third-order valence-corrected chi connectivity index (χ3v) is 4.15. The van der Waals surface area contributed by atoms with E-state index in [4.69, 9.17) is 4.98 Å². The molecule has 21 heavy (non-hydrogen) atoms. The Bertz CT molecular complexity index is 452. The molecule has 1 aromatic heterocycles. The van der Waals surface area contributed by atoms with Gasteiger partial charge in [0.05, 0.1) is 0 Å². The lowest BCUT2D eigenvalue weighted by molar-refractivity contribution is 0.655. The highest BCUT2D eigenvalue weighted by atomic mass is 15.2. The maximum absolute atomic E-state index is 4.90. The summed E-state index contributed by atoms with van der Waals surface area (Å²) >= 11 is 0. The van der Waals surface area contributed by atoms with Crippen molar-refractivity contribution < 1.29 is 0 Å². The van der Waals surface area contributed by atoms with Gasteiger partial charge in [-0.1, -0.05) is 13.8 Å². The van der Waals surface area contributed by atoms with Crippen LogP contribution in [0.1, 0.15) is 56.4 Å². The maximum atomic E-state index is 4.90. The van der Waals surface area contributed by atoms with Gasteiger partial charge in [-0.25, -0.2) is 4.98 Å². The lowest BCUT2D eigenvalue weighted by atomic mass is 10.1. The van der Waals surface area contributed by atoms with Gasteiger partial charge in [0.2, 0.25) is 0 Å². The Morgan fingerprint density at radius 2 is 2.00 bits per heavy atom. The van der Waals surface area contributed by atoms with E-state index in [1.807, 2.05) is 0 Å². The van der Waals surface area contributed by atoms with E-state index in [1.165, 1.54) is 49.2 Å². The van der Waals surface area contributed by atoms with Crippen molar-refractivity contribution >= 4 is 5.82 Å². The van der Waals surface area contributed by atoms with E-state index < -0.39 is 0 Å². The Morgan fingerprint density at radius 1 is 1.24 bits per heavy atom. The van der Waals surface area contributed by atoms with E-state index in [2.05, 4.69) is 44.0 Å². The van der Waals surface area contributed by atoms with E-state index >= 15 is 0 Å². The largest absolute Gasteiger partial charge is 0.356 e. The Morgan fingerprint density at radius 3 is 2.62 bits per heavy atom. The number of anilines is 1. The summed E-state index contributed by atoms with van der Waals surface area (Å²) in [6, 6.07) is 2.22. The van der Waals surface area contributed by atoms with Gasteiger partial charge < -0.3 is 10.2 Å². The first-order chi connectivity index (χ1) is 10.2. The summed E-state index contributed by atoms with van der Waals surface area (Å²) in [6.45, 7) is 13.1. The van der Waals surface area contributed by atoms with Crippen LogP contribution in [0, 0.1) is 19.8 Å². The van der Waals surface area contributed by atoms with Crippen LogP contribution in [-0.2, 0) is 6.54 Å². The second-order valence-electron chi connectivity index (χ2n) is 6.45.